The van der Waals surface area contributed by atoms with Crippen LogP contribution in [0.25, 0.3) is 0 Å². The van der Waals surface area contributed by atoms with Crippen molar-refractivity contribution in [2.45, 2.75) is 12.6 Å². The summed E-state index contributed by atoms with van der Waals surface area (Å²) in [5, 5.41) is 13.4. The lowest BCUT2D eigenvalue weighted by Crippen LogP contribution is -2.47. The number of nitro groups is 1. The van der Waals surface area contributed by atoms with Gasteiger partial charge in [0.1, 0.15) is 5.75 Å². The Kier molecular flexibility index (Phi) is 4.33. The van der Waals surface area contributed by atoms with Crippen molar-refractivity contribution in [3.05, 3.63) is 64.2 Å². The number of fused-ring (bicyclic) bond motifs is 1. The van der Waals surface area contributed by atoms with Crippen LogP contribution in [0.15, 0.2) is 48.5 Å². The number of nitrogens with zero attached hydrogens (tertiary/aromatic N) is 2. The number of nitrogens with one attached hydrogen (secondary N) is 1. The molecule has 3 rings (SSSR count). The second-order valence-electron chi connectivity index (χ2n) is 5.49. The Balaban J connectivity index is 1.85. The fourth-order valence-corrected chi connectivity index (χ4v) is 2.70. The van der Waals surface area contributed by atoms with Crippen LogP contribution >= 0.6 is 0 Å². The van der Waals surface area contributed by atoms with Crippen molar-refractivity contribution in [2.75, 3.05) is 18.5 Å². The fourth-order valence-electron chi connectivity index (χ4n) is 2.70. The van der Waals surface area contributed by atoms with E-state index in [1.807, 2.05) is 29.2 Å². The van der Waals surface area contributed by atoms with Crippen molar-refractivity contribution in [2.24, 2.45) is 0 Å². The predicted octanol–water partition coefficient (Wildman–Crippen LogP) is 2.11. The highest BCUT2D eigenvalue weighted by molar-refractivity contribution is 5.83. The van der Waals surface area contributed by atoms with Crippen molar-refractivity contribution in [1.29, 1.82) is 0 Å². The second-order valence-corrected chi connectivity index (χ2v) is 5.49. The lowest BCUT2D eigenvalue weighted by molar-refractivity contribution is -0.384. The summed E-state index contributed by atoms with van der Waals surface area (Å²) in [6.07, 6.45) is -0.594. The smallest absolute Gasteiger partial charge is 0.269 e. The summed E-state index contributed by atoms with van der Waals surface area (Å²) in [6, 6.07) is 13.9. The SMILES string of the molecule is CNC(=O)[C@@H]1CN(Cc2ccc([N+](=O)[O-])cc2)c2ccccc2O1. The van der Waals surface area contributed by atoms with E-state index in [1.54, 1.807) is 19.2 Å². The van der Waals surface area contributed by atoms with Crippen LogP contribution in [-0.4, -0.2) is 30.5 Å². The number of amides is 1. The Hall–Kier alpha value is -3.09. The maximum absolute atomic E-state index is 12.0. The van der Waals surface area contributed by atoms with Crippen LogP contribution in [0.1, 0.15) is 5.56 Å². The largest absolute Gasteiger partial charge is 0.477 e. The molecule has 1 heterocycles. The van der Waals surface area contributed by atoms with Gasteiger partial charge >= 0.3 is 0 Å². The molecular formula is C17H17N3O4. The van der Waals surface area contributed by atoms with E-state index >= 15 is 0 Å². The molecule has 0 bridgehead atoms. The number of hydrogen-bond acceptors (Lipinski definition) is 5. The zero-order chi connectivity index (χ0) is 17.1. The summed E-state index contributed by atoms with van der Waals surface area (Å²) in [4.78, 5) is 24.3. The maximum atomic E-state index is 12.0. The first-order valence-electron chi connectivity index (χ1n) is 7.54. The first kappa shape index (κ1) is 15.8. The molecule has 24 heavy (non-hydrogen) atoms. The zero-order valence-electron chi connectivity index (χ0n) is 13.1. The molecule has 2 aromatic carbocycles. The van der Waals surface area contributed by atoms with Crippen molar-refractivity contribution >= 4 is 17.3 Å². The highest BCUT2D eigenvalue weighted by Gasteiger charge is 2.30. The second kappa shape index (κ2) is 6.57. The van der Waals surface area contributed by atoms with Crippen molar-refractivity contribution in [3.8, 4) is 5.75 Å². The molecule has 124 valence electrons. The molecule has 1 aliphatic rings. The molecule has 0 radical (unpaired) electrons. The number of likely N-dealkylation sites (N-methyl/N-ethyl adjacent to an activating group) is 1. The molecule has 2 aromatic rings. The number of para-hydroxylation sites is 2. The quantitative estimate of drug-likeness (QED) is 0.687. The van der Waals surface area contributed by atoms with Crippen LogP contribution in [0.4, 0.5) is 11.4 Å². The topological polar surface area (TPSA) is 84.7 Å². The van der Waals surface area contributed by atoms with Crippen LogP contribution in [0, 0.1) is 10.1 Å². The number of non-ortho nitro benzene ring substituents is 1. The van der Waals surface area contributed by atoms with Gasteiger partial charge in [0.25, 0.3) is 11.6 Å². The summed E-state index contributed by atoms with van der Waals surface area (Å²) in [5.41, 5.74) is 1.88. The van der Waals surface area contributed by atoms with Gasteiger partial charge in [-0.1, -0.05) is 24.3 Å². The third-order valence-electron chi connectivity index (χ3n) is 3.92. The van der Waals surface area contributed by atoms with Crippen LogP contribution in [0.5, 0.6) is 5.75 Å². The van der Waals surface area contributed by atoms with Crippen molar-refractivity contribution in [1.82, 2.24) is 5.32 Å². The van der Waals surface area contributed by atoms with E-state index in [4.69, 9.17) is 4.74 Å². The Morgan fingerprint density at radius 1 is 1.29 bits per heavy atom. The van der Waals surface area contributed by atoms with Crippen molar-refractivity contribution < 1.29 is 14.5 Å². The Labute approximate surface area is 139 Å². The normalized spacial score (nSPS) is 16.0. The van der Waals surface area contributed by atoms with Crippen LogP contribution in [0.2, 0.25) is 0 Å². The number of hydrogen-bond donors (Lipinski definition) is 1. The van der Waals surface area contributed by atoms with E-state index in [2.05, 4.69) is 5.32 Å². The minimum absolute atomic E-state index is 0.0596. The standard InChI is InChI=1S/C17H17N3O4/c1-18-17(21)16-11-19(14-4-2-3-5-15(14)24-16)10-12-6-8-13(9-7-12)20(22)23/h2-9,16H,10-11H2,1H3,(H,18,21)/t16-/m0/s1. The highest BCUT2D eigenvalue weighted by Crippen LogP contribution is 2.34. The molecule has 1 amide bonds. The van der Waals surface area contributed by atoms with Gasteiger partial charge in [-0.05, 0) is 17.7 Å². The molecule has 0 fully saturated rings. The van der Waals surface area contributed by atoms with Gasteiger partial charge in [0.2, 0.25) is 0 Å². The zero-order valence-corrected chi connectivity index (χ0v) is 13.1. The number of ether oxygens (including phenoxy) is 1. The Morgan fingerprint density at radius 3 is 2.67 bits per heavy atom. The molecule has 7 nitrogen and oxygen atoms in total. The monoisotopic (exact) mass is 327 g/mol. The molecule has 1 N–H and O–H groups in total. The number of carbonyl (C=O) groups excluding carboxylic acids is 1. The number of anilines is 1. The van der Waals surface area contributed by atoms with Gasteiger partial charge in [-0.25, -0.2) is 0 Å². The van der Waals surface area contributed by atoms with Gasteiger partial charge in [0, 0.05) is 25.7 Å². The van der Waals surface area contributed by atoms with Gasteiger partial charge in [-0.15, -0.1) is 0 Å². The maximum Gasteiger partial charge on any atom is 0.269 e. The van der Waals surface area contributed by atoms with Gasteiger partial charge in [0.05, 0.1) is 17.2 Å². The van der Waals surface area contributed by atoms with Gasteiger partial charge in [0.15, 0.2) is 6.10 Å². The van der Waals surface area contributed by atoms with E-state index < -0.39 is 11.0 Å². The molecule has 0 spiro atoms. The van der Waals surface area contributed by atoms with E-state index in [-0.39, 0.29) is 11.6 Å². The predicted molar refractivity (Wildman–Crippen MR) is 89.1 cm³/mol. The minimum atomic E-state index is -0.594. The molecule has 7 heteroatoms. The molecule has 0 aromatic heterocycles. The van der Waals surface area contributed by atoms with E-state index in [0.717, 1.165) is 11.3 Å². The van der Waals surface area contributed by atoms with Gasteiger partial charge in [-0.3, -0.25) is 14.9 Å². The molecule has 0 saturated carbocycles. The lowest BCUT2D eigenvalue weighted by atomic mass is 10.1. The van der Waals surface area contributed by atoms with Gasteiger partial charge in [-0.2, -0.15) is 0 Å². The Morgan fingerprint density at radius 2 is 2.00 bits per heavy atom. The lowest BCUT2D eigenvalue weighted by Gasteiger charge is -2.35. The Bertz CT molecular complexity index is 761. The molecule has 1 aliphatic heterocycles. The highest BCUT2D eigenvalue weighted by atomic mass is 16.6. The summed E-state index contributed by atoms with van der Waals surface area (Å²) in [5.74, 6) is 0.470. The van der Waals surface area contributed by atoms with Gasteiger partial charge < -0.3 is 15.0 Å². The average molecular weight is 327 g/mol. The molecular weight excluding hydrogens is 310 g/mol. The van der Waals surface area contributed by atoms with E-state index in [0.29, 0.717) is 18.8 Å². The molecule has 1 atom stereocenters. The summed E-state index contributed by atoms with van der Waals surface area (Å²) in [7, 11) is 1.58. The number of benzene rings is 2. The van der Waals surface area contributed by atoms with Crippen molar-refractivity contribution in [3.63, 3.8) is 0 Å². The third-order valence-corrected chi connectivity index (χ3v) is 3.92. The van der Waals surface area contributed by atoms with Crippen LogP contribution in [-0.2, 0) is 11.3 Å². The summed E-state index contributed by atoms with van der Waals surface area (Å²) >= 11 is 0. The third kappa shape index (κ3) is 3.15. The summed E-state index contributed by atoms with van der Waals surface area (Å²) < 4.78 is 5.76. The van der Waals surface area contributed by atoms with E-state index in [1.165, 1.54) is 12.1 Å². The summed E-state index contributed by atoms with van der Waals surface area (Å²) in [6.45, 7) is 0.944. The van der Waals surface area contributed by atoms with Crippen LogP contribution in [0.3, 0.4) is 0 Å². The van der Waals surface area contributed by atoms with Crippen LogP contribution < -0.4 is 15.0 Å². The number of rotatable bonds is 4. The molecule has 0 saturated heterocycles. The first-order valence-corrected chi connectivity index (χ1v) is 7.54. The number of nitro benzene ring substituents is 1. The first-order chi connectivity index (χ1) is 11.6. The van der Waals surface area contributed by atoms with E-state index in [9.17, 15) is 14.9 Å². The number of carbonyl (C=O) groups is 1. The molecule has 0 unspecified atom stereocenters. The minimum Gasteiger partial charge on any atom is -0.477 e. The fraction of sp³-hybridized carbons (Fsp3) is 0.235. The average Bonchev–Trinajstić information content (AvgIpc) is 2.61. The molecule has 0 aliphatic carbocycles.